The van der Waals surface area contributed by atoms with E-state index in [0.29, 0.717) is 11.5 Å². The Morgan fingerprint density at radius 2 is 0.707 bits per heavy atom. The zero-order valence-electron chi connectivity index (χ0n) is 21.4. The molecule has 4 aromatic heterocycles. The van der Waals surface area contributed by atoms with E-state index in [9.17, 15) is 0 Å². The summed E-state index contributed by atoms with van der Waals surface area (Å²) in [5.41, 5.74) is 3.35. The molecule has 192 valence electrons. The average Bonchev–Trinajstić information content (AvgIpc) is 3.83. The van der Waals surface area contributed by atoms with E-state index in [4.69, 9.17) is 4.74 Å². The third-order valence-corrected chi connectivity index (χ3v) is 8.73. The zero-order valence-corrected chi connectivity index (χ0v) is 24.7. The second-order valence-electron chi connectivity index (χ2n) is 8.43. The van der Waals surface area contributed by atoms with Gasteiger partial charge >= 0.3 is 0 Å². The van der Waals surface area contributed by atoms with Gasteiger partial charge in [-0.05, 0) is 82.2 Å². The average molecular weight is 595 g/mol. The van der Waals surface area contributed by atoms with E-state index >= 15 is 0 Å². The summed E-state index contributed by atoms with van der Waals surface area (Å²) in [4.78, 5) is 4.03. The van der Waals surface area contributed by atoms with Crippen LogP contribution in [0.25, 0.3) is 0 Å². The maximum Gasteiger partial charge on any atom is 0.128 e. The molecule has 6 rings (SSSR count). The molecule has 0 bridgehead atoms. The molecule has 2 aromatic carbocycles. The molecule has 1 nitrogen and oxygen atoms in total. The fourth-order valence-electron chi connectivity index (χ4n) is 3.65. The standard InChI is InChI=1S/C36H18OS4/c1-5-33(38-21-1)17-11-27-9-15-31(25-29(27)13-19-35-7-3-23-40-35)37-32-16-10-28(12-18-34-6-2-22-39-34)30(26-32)14-20-36-8-4-24-41-36/h1-10,15-16,21-26H. The van der Waals surface area contributed by atoms with Gasteiger partial charge in [0.15, 0.2) is 0 Å². The lowest BCUT2D eigenvalue weighted by Crippen LogP contribution is -1.91. The van der Waals surface area contributed by atoms with E-state index in [-0.39, 0.29) is 0 Å². The van der Waals surface area contributed by atoms with Crippen molar-refractivity contribution in [2.75, 3.05) is 0 Å². The maximum absolute atomic E-state index is 6.32. The highest BCUT2D eigenvalue weighted by Gasteiger charge is 2.06. The molecule has 0 unspecified atom stereocenters. The Labute approximate surface area is 255 Å². The van der Waals surface area contributed by atoms with Crippen LogP contribution in [0, 0.1) is 47.4 Å². The lowest BCUT2D eigenvalue weighted by molar-refractivity contribution is 0.482. The molecule has 0 amide bonds. The van der Waals surface area contributed by atoms with E-state index in [1.807, 2.05) is 106 Å². The zero-order chi connectivity index (χ0) is 27.7. The SMILES string of the molecule is C(#Cc1ccc(Oc2ccc(C#Cc3cccs3)c(C#Cc3cccs3)c2)cc1C#Cc1cccs1)c1cccs1. The Hall–Kier alpha value is -4.72. The van der Waals surface area contributed by atoms with E-state index in [2.05, 4.69) is 47.4 Å². The van der Waals surface area contributed by atoms with Gasteiger partial charge in [0.1, 0.15) is 11.5 Å². The second-order valence-corrected chi connectivity index (χ2v) is 12.2. The van der Waals surface area contributed by atoms with Gasteiger partial charge in [0.2, 0.25) is 0 Å². The molecule has 5 heteroatoms. The molecule has 41 heavy (non-hydrogen) atoms. The van der Waals surface area contributed by atoms with Gasteiger partial charge in [-0.3, -0.25) is 0 Å². The van der Waals surface area contributed by atoms with Crippen LogP contribution in [0.15, 0.2) is 106 Å². The second kappa shape index (κ2) is 13.1. The minimum Gasteiger partial charge on any atom is -0.457 e. The van der Waals surface area contributed by atoms with E-state index in [1.54, 1.807) is 45.3 Å². The van der Waals surface area contributed by atoms with Gasteiger partial charge < -0.3 is 4.74 Å². The molecule has 0 saturated carbocycles. The van der Waals surface area contributed by atoms with Gasteiger partial charge in [-0.2, -0.15) is 0 Å². The van der Waals surface area contributed by atoms with Crippen LogP contribution in [0.4, 0.5) is 0 Å². The van der Waals surface area contributed by atoms with Crippen LogP contribution in [0.5, 0.6) is 11.5 Å². The summed E-state index contributed by atoms with van der Waals surface area (Å²) in [5.74, 6) is 27.5. The molecule has 6 aromatic rings. The van der Waals surface area contributed by atoms with Crippen LogP contribution in [0.1, 0.15) is 41.8 Å². The minimum absolute atomic E-state index is 0.678. The minimum atomic E-state index is 0.678. The lowest BCUT2D eigenvalue weighted by Gasteiger charge is -2.09. The molecule has 0 aliphatic rings. The van der Waals surface area contributed by atoms with Crippen LogP contribution < -0.4 is 4.74 Å². The Kier molecular flexibility index (Phi) is 8.46. The normalized spacial score (nSPS) is 9.66. The molecule has 0 atom stereocenters. The van der Waals surface area contributed by atoms with Crippen molar-refractivity contribution in [2.45, 2.75) is 0 Å². The van der Waals surface area contributed by atoms with Gasteiger partial charge in [-0.15, -0.1) is 45.3 Å². The van der Waals surface area contributed by atoms with Crippen molar-refractivity contribution in [1.82, 2.24) is 0 Å². The third kappa shape index (κ3) is 7.28. The van der Waals surface area contributed by atoms with Crippen LogP contribution in [0.3, 0.4) is 0 Å². The highest BCUT2D eigenvalue weighted by molar-refractivity contribution is 7.11. The molecule has 0 N–H and O–H groups in total. The molecule has 0 aliphatic carbocycles. The first kappa shape index (κ1) is 26.5. The number of hydrogen-bond acceptors (Lipinski definition) is 5. The first-order valence-corrected chi connectivity index (χ1v) is 16.0. The summed E-state index contributed by atoms with van der Waals surface area (Å²) in [6.07, 6.45) is 0. The predicted molar refractivity (Wildman–Crippen MR) is 174 cm³/mol. The fraction of sp³-hybridized carbons (Fsp3) is 0. The summed E-state index contributed by atoms with van der Waals surface area (Å²) in [5, 5.41) is 8.09. The molecule has 0 radical (unpaired) electrons. The molecule has 4 heterocycles. The highest BCUT2D eigenvalue weighted by atomic mass is 32.1. The van der Waals surface area contributed by atoms with Gasteiger partial charge in [0, 0.05) is 22.3 Å². The first-order chi connectivity index (χ1) is 20.3. The topological polar surface area (TPSA) is 9.23 Å². The van der Waals surface area contributed by atoms with Crippen molar-refractivity contribution in [2.24, 2.45) is 0 Å². The van der Waals surface area contributed by atoms with Crippen molar-refractivity contribution >= 4 is 45.3 Å². The van der Waals surface area contributed by atoms with Crippen molar-refractivity contribution in [3.63, 3.8) is 0 Å². The number of hydrogen-bond donors (Lipinski definition) is 0. The number of thiophene rings is 4. The summed E-state index contributed by atoms with van der Waals surface area (Å²) in [6, 6.07) is 27.7. The Morgan fingerprint density at radius 3 is 1.02 bits per heavy atom. The van der Waals surface area contributed by atoms with E-state index < -0.39 is 0 Å². The van der Waals surface area contributed by atoms with Crippen molar-refractivity contribution in [1.29, 1.82) is 0 Å². The summed E-state index contributed by atoms with van der Waals surface area (Å²) in [7, 11) is 0. The summed E-state index contributed by atoms with van der Waals surface area (Å²) in [6.45, 7) is 0. The summed E-state index contributed by atoms with van der Waals surface area (Å²) < 4.78 is 6.32. The Bertz CT molecular complexity index is 1870. The Morgan fingerprint density at radius 1 is 0.366 bits per heavy atom. The molecular formula is C36H18OS4. The van der Waals surface area contributed by atoms with Crippen LogP contribution >= 0.6 is 45.3 Å². The van der Waals surface area contributed by atoms with Crippen LogP contribution in [0.2, 0.25) is 0 Å². The number of ether oxygens (including phenoxy) is 1. The van der Waals surface area contributed by atoms with Crippen molar-refractivity contribution in [3.05, 3.63) is 148 Å². The molecule has 0 spiro atoms. The highest BCUT2D eigenvalue weighted by Crippen LogP contribution is 2.26. The molecular weight excluding hydrogens is 577 g/mol. The smallest absolute Gasteiger partial charge is 0.128 e. The number of rotatable bonds is 2. The maximum atomic E-state index is 6.32. The van der Waals surface area contributed by atoms with Crippen LogP contribution in [-0.2, 0) is 0 Å². The fourth-order valence-corrected chi connectivity index (χ4v) is 5.93. The van der Waals surface area contributed by atoms with Gasteiger partial charge in [-0.1, -0.05) is 71.6 Å². The Balaban J connectivity index is 1.33. The predicted octanol–water partition coefficient (Wildman–Crippen LogP) is 9.32. The largest absolute Gasteiger partial charge is 0.457 e. The van der Waals surface area contributed by atoms with E-state index in [0.717, 1.165) is 41.8 Å². The molecule has 0 aliphatic heterocycles. The lowest BCUT2D eigenvalue weighted by atomic mass is 10.1. The number of benzene rings is 2. The van der Waals surface area contributed by atoms with Gasteiger partial charge in [0.05, 0.1) is 19.5 Å². The van der Waals surface area contributed by atoms with Crippen molar-refractivity contribution < 1.29 is 4.74 Å². The van der Waals surface area contributed by atoms with Gasteiger partial charge in [0.25, 0.3) is 0 Å². The van der Waals surface area contributed by atoms with Crippen molar-refractivity contribution in [3.8, 4) is 58.9 Å². The van der Waals surface area contributed by atoms with E-state index in [1.165, 1.54) is 0 Å². The third-order valence-electron chi connectivity index (χ3n) is 5.58. The van der Waals surface area contributed by atoms with Crippen LogP contribution in [-0.4, -0.2) is 0 Å². The van der Waals surface area contributed by atoms with Gasteiger partial charge in [-0.25, -0.2) is 0 Å². The quantitative estimate of drug-likeness (QED) is 0.182. The first-order valence-electron chi connectivity index (χ1n) is 12.5. The molecule has 0 fully saturated rings. The summed E-state index contributed by atoms with van der Waals surface area (Å²) >= 11 is 6.47. The molecule has 0 saturated heterocycles. The monoisotopic (exact) mass is 594 g/mol.